The highest BCUT2D eigenvalue weighted by Gasteiger charge is 2.34. The maximum Gasteiger partial charge on any atom is 0.303 e. The van der Waals surface area contributed by atoms with Gasteiger partial charge in [-0.25, -0.2) is 0 Å². The lowest BCUT2D eigenvalue weighted by Crippen LogP contribution is -2.53. The second-order valence-corrected chi connectivity index (χ2v) is 21.8. The number of benzene rings is 1. The maximum atomic E-state index is 13.4. The standard InChI is InChI=1S/C53H83N5O16S2.2H2/c54-51(70)38(31-37-19-21-40(59)22-20-37)32-44(60)39-33-45(61)43(36-76-75-35-39)58-53(72)42(24-26-50(68)69)57-47(63)34-74-30-29-73-28-27-55-52(71)41(23-25-49(66)67)56-46(62)17-15-13-11-9-7-5-3-1-2-4-6-8-10-12-14-16-18-48(64)65;;/h19-22,38-39,41-43,59H,1-18,23-36H2,(H2,54,70)(H,55,71)(H,56,62)(H,57,63)(H,58,72)(H,64,65)(H,66,67)(H,68,69);2*1H/t38-,39+,41+,42+,43+;;/m1../s1. The second kappa shape index (κ2) is 40.9. The van der Waals surface area contributed by atoms with Gasteiger partial charge in [-0.3, -0.25) is 47.9 Å². The number of carbonyl (C=O) groups is 10. The molecule has 0 spiro atoms. The minimum atomic E-state index is -1.34. The number of ether oxygens (including phenoxy) is 2. The van der Waals surface area contributed by atoms with Gasteiger partial charge in [-0.1, -0.05) is 124 Å². The number of phenols is 1. The number of aromatic hydroxyl groups is 1. The largest absolute Gasteiger partial charge is 0.508 e. The van der Waals surface area contributed by atoms with Gasteiger partial charge in [0.2, 0.25) is 29.5 Å². The molecule has 0 radical (unpaired) electrons. The van der Waals surface area contributed by atoms with Gasteiger partial charge in [0.25, 0.3) is 0 Å². The molecule has 432 valence electrons. The van der Waals surface area contributed by atoms with E-state index < -0.39 is 90.3 Å². The van der Waals surface area contributed by atoms with Crippen molar-refractivity contribution in [3.8, 4) is 5.75 Å². The second-order valence-electron chi connectivity index (χ2n) is 19.2. The van der Waals surface area contributed by atoms with Gasteiger partial charge in [-0.2, -0.15) is 0 Å². The van der Waals surface area contributed by atoms with Crippen LogP contribution in [0.2, 0.25) is 0 Å². The van der Waals surface area contributed by atoms with Crippen LogP contribution < -0.4 is 27.0 Å². The SMILES string of the molecule is NC(=O)[C@@H](CC(=O)[C@@H]1CSSC[C@H](NC(=O)[C@H](CCC(=O)O)NC(=O)COCCOCCNC(=O)[C@H](CCC(=O)O)NC(=O)CCCCCCCCCCCCCCCCCCC(=O)O)C(=O)C1)Cc1ccc(O)cc1.[HH].[HH]. The van der Waals surface area contributed by atoms with Gasteiger partial charge in [0.05, 0.1) is 25.9 Å². The monoisotopic (exact) mass is 1110 g/mol. The summed E-state index contributed by atoms with van der Waals surface area (Å²) in [5, 5.41) is 47.1. The number of carbonyl (C=O) groups excluding carboxylic acids is 7. The van der Waals surface area contributed by atoms with E-state index in [9.17, 15) is 63.3 Å². The van der Waals surface area contributed by atoms with Crippen molar-refractivity contribution in [1.82, 2.24) is 21.3 Å². The number of carboxylic acids is 3. The Kier molecular flexibility index (Phi) is 36.0. The highest BCUT2D eigenvalue weighted by molar-refractivity contribution is 8.76. The molecule has 5 amide bonds. The zero-order chi connectivity index (χ0) is 55.9. The molecule has 1 aromatic carbocycles. The molecule has 1 heterocycles. The molecule has 1 aliphatic rings. The molecule has 23 heteroatoms. The Bertz CT molecular complexity index is 1970. The highest BCUT2D eigenvalue weighted by Crippen LogP contribution is 2.31. The number of nitrogens with one attached hydrogen (secondary N) is 4. The van der Waals surface area contributed by atoms with Crippen LogP contribution in [0.15, 0.2) is 24.3 Å². The number of nitrogens with two attached hydrogens (primary N) is 1. The van der Waals surface area contributed by atoms with Gasteiger partial charge in [-0.05, 0) is 49.8 Å². The van der Waals surface area contributed by atoms with Gasteiger partial charge in [0.15, 0.2) is 5.78 Å². The summed E-state index contributed by atoms with van der Waals surface area (Å²) >= 11 is 0. The van der Waals surface area contributed by atoms with E-state index in [4.69, 9.17) is 20.3 Å². The first kappa shape index (κ1) is 66.9. The molecule has 5 atom stereocenters. The number of aliphatic carboxylic acids is 3. The molecule has 1 aromatic rings. The molecule has 0 aromatic heterocycles. The smallest absolute Gasteiger partial charge is 0.303 e. The summed E-state index contributed by atoms with van der Waals surface area (Å²) in [5.74, 6) is -8.12. The average Bonchev–Trinajstić information content (AvgIpc) is 3.36. The van der Waals surface area contributed by atoms with Crippen molar-refractivity contribution >= 4 is 80.6 Å². The molecule has 0 unspecified atom stereocenters. The number of rotatable bonds is 44. The molecule has 1 fully saturated rings. The Morgan fingerprint density at radius 1 is 0.618 bits per heavy atom. The van der Waals surface area contributed by atoms with Crippen molar-refractivity contribution in [2.24, 2.45) is 17.6 Å². The normalized spacial score (nSPS) is 15.8. The van der Waals surface area contributed by atoms with Crippen LogP contribution >= 0.6 is 21.6 Å². The quantitative estimate of drug-likeness (QED) is 0.0271. The fourth-order valence-corrected chi connectivity index (χ4v) is 10.9. The Hall–Kier alpha value is -5.26. The number of hydrogen-bond acceptors (Lipinski definition) is 15. The predicted octanol–water partition coefficient (Wildman–Crippen LogP) is 5.90. The van der Waals surface area contributed by atoms with Gasteiger partial charge < -0.3 is 56.9 Å². The van der Waals surface area contributed by atoms with Crippen molar-refractivity contribution in [3.63, 3.8) is 0 Å². The summed E-state index contributed by atoms with van der Waals surface area (Å²) in [4.78, 5) is 124. The van der Waals surface area contributed by atoms with Gasteiger partial charge in [-0.15, -0.1) is 0 Å². The van der Waals surface area contributed by atoms with Crippen LogP contribution in [0.4, 0.5) is 0 Å². The molecule has 0 bridgehead atoms. The number of unbranched alkanes of at least 4 members (excludes halogenated alkanes) is 15. The third-order valence-corrected chi connectivity index (χ3v) is 15.2. The van der Waals surface area contributed by atoms with Gasteiger partial charge in [0.1, 0.15) is 30.2 Å². The molecule has 0 aliphatic carbocycles. The van der Waals surface area contributed by atoms with Crippen LogP contribution in [0.25, 0.3) is 0 Å². The van der Waals surface area contributed by atoms with Crippen LogP contribution in [-0.4, -0.2) is 142 Å². The molecule has 21 nitrogen and oxygen atoms in total. The summed E-state index contributed by atoms with van der Waals surface area (Å²) in [6.45, 7) is -0.539. The maximum absolute atomic E-state index is 13.4. The molecule has 1 aliphatic heterocycles. The number of phenolic OH excluding ortho intramolecular Hbond substituents is 1. The average molecular weight is 1110 g/mol. The predicted molar refractivity (Wildman–Crippen MR) is 291 cm³/mol. The third-order valence-electron chi connectivity index (χ3n) is 12.8. The van der Waals surface area contributed by atoms with Crippen LogP contribution in [-0.2, 0) is 63.8 Å². The molecule has 10 N–H and O–H groups in total. The topological polar surface area (TPSA) is 344 Å². The van der Waals surface area contributed by atoms with E-state index in [0.29, 0.717) is 12.0 Å². The summed E-state index contributed by atoms with van der Waals surface area (Å²) < 4.78 is 10.8. The summed E-state index contributed by atoms with van der Waals surface area (Å²) in [6, 6.07) is 2.70. The first-order chi connectivity index (χ1) is 36.4. The van der Waals surface area contributed by atoms with Crippen molar-refractivity contribution in [2.45, 2.75) is 179 Å². The van der Waals surface area contributed by atoms with E-state index in [0.717, 1.165) is 44.9 Å². The summed E-state index contributed by atoms with van der Waals surface area (Å²) in [6.07, 6.45) is 16.4. The van der Waals surface area contributed by atoms with Gasteiger partial charge >= 0.3 is 17.9 Å². The highest BCUT2D eigenvalue weighted by atomic mass is 33.1. The zero-order valence-electron chi connectivity index (χ0n) is 43.9. The molecular formula is C53H87N5O16S2. The van der Waals surface area contributed by atoms with Crippen LogP contribution in [0.5, 0.6) is 5.75 Å². The van der Waals surface area contributed by atoms with Gasteiger partial charge in [0, 0.05) is 71.3 Å². The van der Waals surface area contributed by atoms with Crippen LogP contribution in [0.1, 0.15) is 163 Å². The number of Topliss-reactive ketones (excluding diaryl/α,β-unsaturated/α-hetero) is 2. The Morgan fingerprint density at radius 3 is 1.64 bits per heavy atom. The molecule has 1 saturated heterocycles. The Morgan fingerprint density at radius 2 is 1.11 bits per heavy atom. The zero-order valence-corrected chi connectivity index (χ0v) is 45.5. The molecule has 76 heavy (non-hydrogen) atoms. The first-order valence-electron chi connectivity index (χ1n) is 26.8. The fourth-order valence-electron chi connectivity index (χ4n) is 8.35. The molecule has 2 rings (SSSR count). The number of ketones is 2. The van der Waals surface area contributed by atoms with E-state index in [-0.39, 0.29) is 110 Å². The molecule has 0 saturated carbocycles. The van der Waals surface area contributed by atoms with E-state index in [2.05, 4.69) is 21.3 Å². The lowest BCUT2D eigenvalue weighted by Gasteiger charge is -2.26. The first-order valence-corrected chi connectivity index (χ1v) is 29.3. The fraction of sp³-hybridized carbons (Fsp3) is 0.698. The van der Waals surface area contributed by atoms with Crippen molar-refractivity contribution in [1.29, 1.82) is 0 Å². The minimum Gasteiger partial charge on any atom is -0.508 e. The van der Waals surface area contributed by atoms with Crippen LogP contribution in [0.3, 0.4) is 0 Å². The summed E-state index contributed by atoms with van der Waals surface area (Å²) in [5.41, 5.74) is 6.30. The number of primary amides is 1. The Labute approximate surface area is 457 Å². The Balaban J connectivity index is 0.0000296. The van der Waals surface area contributed by atoms with Crippen LogP contribution in [0, 0.1) is 11.8 Å². The lowest BCUT2D eigenvalue weighted by atomic mass is 9.87. The van der Waals surface area contributed by atoms with Crippen molar-refractivity contribution in [3.05, 3.63) is 29.8 Å². The third kappa shape index (κ3) is 33.0. The minimum absolute atomic E-state index is 0. The van der Waals surface area contributed by atoms with Crippen molar-refractivity contribution in [2.75, 3.05) is 44.5 Å². The van der Waals surface area contributed by atoms with Crippen molar-refractivity contribution < 1.29 is 80.7 Å². The van der Waals surface area contributed by atoms with E-state index >= 15 is 0 Å². The summed E-state index contributed by atoms with van der Waals surface area (Å²) in [7, 11) is 2.57. The lowest BCUT2D eigenvalue weighted by molar-refractivity contribution is -0.139. The molecular weight excluding hydrogens is 1030 g/mol. The number of hydrogen-bond donors (Lipinski definition) is 9. The van der Waals surface area contributed by atoms with E-state index in [1.54, 1.807) is 12.1 Å². The van der Waals surface area contributed by atoms with E-state index in [1.807, 2.05) is 0 Å². The number of amides is 5. The van der Waals surface area contributed by atoms with E-state index in [1.165, 1.54) is 85.1 Å². The number of carboxylic acid groups (broad SMARTS) is 3.